The third-order valence-corrected chi connectivity index (χ3v) is 3.16. The molecule has 1 aromatic carbocycles. The van der Waals surface area contributed by atoms with Crippen molar-refractivity contribution in [1.82, 2.24) is 0 Å². The van der Waals surface area contributed by atoms with Crippen molar-refractivity contribution in [2.45, 2.75) is 31.5 Å². The standard InChI is InChI=1S/C11H11NO3/c13-12(14)8-5-4-7-2-1-3-10-11(15-10)9(7)6-8/h4-6,10-11H,1-3H2. The molecule has 0 radical (unpaired) electrons. The summed E-state index contributed by atoms with van der Waals surface area (Å²) in [5.74, 6) is 0. The van der Waals surface area contributed by atoms with Gasteiger partial charge in [-0.25, -0.2) is 0 Å². The highest BCUT2D eigenvalue weighted by molar-refractivity contribution is 5.43. The molecule has 1 saturated heterocycles. The summed E-state index contributed by atoms with van der Waals surface area (Å²) in [4.78, 5) is 10.3. The molecule has 0 aromatic heterocycles. The molecular weight excluding hydrogens is 194 g/mol. The van der Waals surface area contributed by atoms with Crippen LogP contribution in [-0.2, 0) is 11.2 Å². The molecule has 2 atom stereocenters. The van der Waals surface area contributed by atoms with Crippen molar-refractivity contribution in [3.05, 3.63) is 39.4 Å². The number of aryl methyl sites for hydroxylation is 1. The first-order valence-corrected chi connectivity index (χ1v) is 5.18. The van der Waals surface area contributed by atoms with Crippen LogP contribution in [0, 0.1) is 10.1 Å². The number of nitro benzene ring substituents is 1. The minimum absolute atomic E-state index is 0.127. The van der Waals surface area contributed by atoms with E-state index in [4.69, 9.17) is 4.74 Å². The van der Waals surface area contributed by atoms with E-state index in [-0.39, 0.29) is 16.7 Å². The lowest BCUT2D eigenvalue weighted by atomic mass is 10.0. The van der Waals surface area contributed by atoms with Crippen molar-refractivity contribution < 1.29 is 9.66 Å². The predicted octanol–water partition coefficient (Wildman–Crippen LogP) is 2.37. The van der Waals surface area contributed by atoms with Gasteiger partial charge in [0, 0.05) is 12.1 Å². The number of non-ortho nitro benzene ring substituents is 1. The van der Waals surface area contributed by atoms with Gasteiger partial charge in [-0.3, -0.25) is 10.1 Å². The van der Waals surface area contributed by atoms with Crippen LogP contribution in [0.5, 0.6) is 0 Å². The maximum Gasteiger partial charge on any atom is 0.269 e. The van der Waals surface area contributed by atoms with Crippen LogP contribution in [-0.4, -0.2) is 11.0 Å². The summed E-state index contributed by atoms with van der Waals surface area (Å²) in [6.07, 6.45) is 3.65. The van der Waals surface area contributed by atoms with Crippen LogP contribution in [0.2, 0.25) is 0 Å². The minimum Gasteiger partial charge on any atom is -0.364 e. The second kappa shape index (κ2) is 3.03. The Bertz CT molecular complexity index is 430. The number of hydrogen-bond acceptors (Lipinski definition) is 3. The first kappa shape index (κ1) is 8.85. The van der Waals surface area contributed by atoms with E-state index in [9.17, 15) is 10.1 Å². The molecule has 78 valence electrons. The third kappa shape index (κ3) is 1.41. The van der Waals surface area contributed by atoms with Gasteiger partial charge in [0.05, 0.1) is 11.0 Å². The third-order valence-electron chi connectivity index (χ3n) is 3.16. The number of hydrogen-bond donors (Lipinski definition) is 0. The minimum atomic E-state index is -0.345. The highest BCUT2D eigenvalue weighted by Crippen LogP contribution is 2.46. The fourth-order valence-corrected chi connectivity index (χ4v) is 2.32. The number of nitro groups is 1. The first-order valence-electron chi connectivity index (χ1n) is 5.18. The van der Waals surface area contributed by atoms with Crippen LogP contribution < -0.4 is 0 Å². The summed E-state index contributed by atoms with van der Waals surface area (Å²) in [5.41, 5.74) is 2.42. The fourth-order valence-electron chi connectivity index (χ4n) is 2.32. The average Bonchev–Trinajstić information content (AvgIpc) is 2.96. The number of ether oxygens (including phenoxy) is 1. The highest BCUT2D eigenvalue weighted by Gasteiger charge is 2.42. The molecule has 2 unspecified atom stereocenters. The molecule has 1 aromatic rings. The highest BCUT2D eigenvalue weighted by atomic mass is 16.6. The number of rotatable bonds is 1. The van der Waals surface area contributed by atoms with Crippen LogP contribution in [0.3, 0.4) is 0 Å². The molecule has 3 rings (SSSR count). The van der Waals surface area contributed by atoms with Gasteiger partial charge in [-0.05, 0) is 30.4 Å². The summed E-state index contributed by atoms with van der Waals surface area (Å²) in [5, 5.41) is 10.7. The van der Waals surface area contributed by atoms with E-state index in [2.05, 4.69) is 0 Å². The summed E-state index contributed by atoms with van der Waals surface area (Å²) in [6.45, 7) is 0. The van der Waals surface area contributed by atoms with Crippen LogP contribution in [0.1, 0.15) is 30.1 Å². The van der Waals surface area contributed by atoms with E-state index in [1.807, 2.05) is 6.07 Å². The van der Waals surface area contributed by atoms with E-state index < -0.39 is 0 Å². The second-order valence-corrected chi connectivity index (χ2v) is 4.13. The number of epoxide rings is 1. The number of fused-ring (bicyclic) bond motifs is 3. The van der Waals surface area contributed by atoms with E-state index in [0.717, 1.165) is 24.8 Å². The average molecular weight is 205 g/mol. The molecule has 1 heterocycles. The van der Waals surface area contributed by atoms with Gasteiger partial charge in [0.15, 0.2) is 0 Å². The van der Waals surface area contributed by atoms with E-state index in [1.54, 1.807) is 12.1 Å². The SMILES string of the molecule is O=[N+]([O-])c1ccc2c(c1)C1OC1CCC2. The van der Waals surface area contributed by atoms with Gasteiger partial charge in [0.25, 0.3) is 5.69 Å². The Labute approximate surface area is 87.0 Å². The fraction of sp³-hybridized carbons (Fsp3) is 0.455. The maximum absolute atomic E-state index is 10.7. The Morgan fingerprint density at radius 3 is 3.13 bits per heavy atom. The smallest absolute Gasteiger partial charge is 0.269 e. The van der Waals surface area contributed by atoms with Crippen LogP contribution >= 0.6 is 0 Å². The normalized spacial score (nSPS) is 27.5. The molecular formula is C11H11NO3. The summed E-state index contributed by atoms with van der Waals surface area (Å²) >= 11 is 0. The molecule has 0 amide bonds. The lowest BCUT2D eigenvalue weighted by molar-refractivity contribution is -0.384. The molecule has 0 bridgehead atoms. The Morgan fingerprint density at radius 1 is 1.47 bits per heavy atom. The van der Waals surface area contributed by atoms with Crippen molar-refractivity contribution in [1.29, 1.82) is 0 Å². The quantitative estimate of drug-likeness (QED) is 0.401. The van der Waals surface area contributed by atoms with Gasteiger partial charge < -0.3 is 4.74 Å². The van der Waals surface area contributed by atoms with Crippen LogP contribution in [0.15, 0.2) is 18.2 Å². The van der Waals surface area contributed by atoms with Crippen molar-refractivity contribution >= 4 is 5.69 Å². The molecule has 4 nitrogen and oxygen atoms in total. The van der Waals surface area contributed by atoms with Crippen molar-refractivity contribution in [3.63, 3.8) is 0 Å². The van der Waals surface area contributed by atoms with Crippen LogP contribution in [0.25, 0.3) is 0 Å². The van der Waals surface area contributed by atoms with E-state index in [1.165, 1.54) is 5.56 Å². The molecule has 4 heteroatoms. The monoisotopic (exact) mass is 205 g/mol. The lowest BCUT2D eigenvalue weighted by Gasteiger charge is -2.04. The Kier molecular flexibility index (Phi) is 1.79. The summed E-state index contributed by atoms with van der Waals surface area (Å²) in [6, 6.07) is 5.13. The largest absolute Gasteiger partial charge is 0.364 e. The molecule has 1 aliphatic carbocycles. The van der Waals surface area contributed by atoms with Crippen LogP contribution in [0.4, 0.5) is 5.69 Å². The zero-order valence-electron chi connectivity index (χ0n) is 8.18. The summed E-state index contributed by atoms with van der Waals surface area (Å²) in [7, 11) is 0. The molecule has 0 saturated carbocycles. The van der Waals surface area contributed by atoms with Gasteiger partial charge >= 0.3 is 0 Å². The Balaban J connectivity index is 2.05. The van der Waals surface area contributed by atoms with Gasteiger partial charge in [-0.15, -0.1) is 0 Å². The molecule has 2 aliphatic rings. The molecule has 15 heavy (non-hydrogen) atoms. The predicted molar refractivity (Wildman–Crippen MR) is 53.6 cm³/mol. The van der Waals surface area contributed by atoms with Gasteiger partial charge in [-0.2, -0.15) is 0 Å². The van der Waals surface area contributed by atoms with Crippen molar-refractivity contribution in [3.8, 4) is 0 Å². The molecule has 0 N–H and O–H groups in total. The number of benzene rings is 1. The summed E-state index contributed by atoms with van der Waals surface area (Å²) < 4.78 is 5.50. The molecule has 0 spiro atoms. The van der Waals surface area contributed by atoms with Crippen molar-refractivity contribution in [2.24, 2.45) is 0 Å². The van der Waals surface area contributed by atoms with Gasteiger partial charge in [-0.1, -0.05) is 6.07 Å². The lowest BCUT2D eigenvalue weighted by Crippen LogP contribution is -1.95. The van der Waals surface area contributed by atoms with Gasteiger partial charge in [0.1, 0.15) is 6.10 Å². The first-order chi connectivity index (χ1) is 7.25. The Hall–Kier alpha value is -1.42. The van der Waals surface area contributed by atoms with E-state index in [0.29, 0.717) is 6.10 Å². The molecule has 1 fully saturated rings. The number of nitrogens with zero attached hydrogens (tertiary/aromatic N) is 1. The maximum atomic E-state index is 10.7. The Morgan fingerprint density at radius 2 is 2.33 bits per heavy atom. The zero-order chi connectivity index (χ0) is 10.4. The topological polar surface area (TPSA) is 55.7 Å². The second-order valence-electron chi connectivity index (χ2n) is 4.13. The zero-order valence-corrected chi connectivity index (χ0v) is 8.18. The van der Waals surface area contributed by atoms with Gasteiger partial charge in [0.2, 0.25) is 0 Å². The van der Waals surface area contributed by atoms with E-state index >= 15 is 0 Å². The van der Waals surface area contributed by atoms with Crippen molar-refractivity contribution in [2.75, 3.05) is 0 Å². The molecule has 1 aliphatic heterocycles.